The van der Waals surface area contributed by atoms with Crippen molar-refractivity contribution < 1.29 is 0 Å². The number of benzene rings is 8. The molecule has 0 aliphatic carbocycles. The molecule has 0 N–H and O–H groups in total. The molecule has 0 aliphatic heterocycles. The summed E-state index contributed by atoms with van der Waals surface area (Å²) in [6.45, 7) is 0. The van der Waals surface area contributed by atoms with Crippen LogP contribution in [-0.4, -0.2) is 24.1 Å². The standard InChI is InChI=1S/C55H33N5S/c1-3-12-35(13-4-1)51-33-46-53(61-51)55(58-54(57-46)36-25-27-56-28-26-36)60-47-22-20-39(30-43(47)44-29-37-14-7-8-15-38(37)32-50(44)60)40-21-23-48-45(31-40)52-42-18-10-9-11-34(42)19-24-49(52)59(48)41-16-5-2-6-17-41/h1-33H. The van der Waals surface area contributed by atoms with Gasteiger partial charge in [-0.15, -0.1) is 11.3 Å². The lowest BCUT2D eigenvalue weighted by atomic mass is 9.98. The summed E-state index contributed by atoms with van der Waals surface area (Å²) in [6, 6.07) is 67.9. The lowest BCUT2D eigenvalue weighted by Gasteiger charge is -2.11. The summed E-state index contributed by atoms with van der Waals surface area (Å²) in [5.74, 6) is 1.54. The third-order valence-electron chi connectivity index (χ3n) is 12.2. The summed E-state index contributed by atoms with van der Waals surface area (Å²) in [6.07, 6.45) is 3.61. The fourth-order valence-corrected chi connectivity index (χ4v) is 10.5. The van der Waals surface area contributed by atoms with Crippen LogP contribution in [0.2, 0.25) is 0 Å². The van der Waals surface area contributed by atoms with Crippen LogP contribution in [0.4, 0.5) is 0 Å². The van der Waals surface area contributed by atoms with Crippen molar-refractivity contribution in [1.82, 2.24) is 24.1 Å². The highest BCUT2D eigenvalue weighted by molar-refractivity contribution is 7.22. The van der Waals surface area contributed by atoms with Gasteiger partial charge in [0.2, 0.25) is 0 Å². The molecular weight excluding hydrogens is 763 g/mol. The number of hydrogen-bond donors (Lipinski definition) is 0. The molecule has 13 aromatic rings. The van der Waals surface area contributed by atoms with Gasteiger partial charge in [-0.05, 0) is 111 Å². The maximum atomic E-state index is 5.43. The Kier molecular flexibility index (Phi) is 7.41. The zero-order valence-electron chi connectivity index (χ0n) is 32.7. The van der Waals surface area contributed by atoms with E-state index in [0.29, 0.717) is 5.82 Å². The van der Waals surface area contributed by atoms with E-state index >= 15 is 0 Å². The smallest absolute Gasteiger partial charge is 0.162 e. The molecule has 0 fully saturated rings. The minimum Gasteiger partial charge on any atom is -0.309 e. The van der Waals surface area contributed by atoms with Gasteiger partial charge >= 0.3 is 0 Å². The highest BCUT2D eigenvalue weighted by Crippen LogP contribution is 2.43. The Hall–Kier alpha value is -7.93. The van der Waals surface area contributed by atoms with Gasteiger partial charge in [0.25, 0.3) is 0 Å². The Morgan fingerprint density at radius 3 is 1.82 bits per heavy atom. The van der Waals surface area contributed by atoms with Crippen molar-refractivity contribution in [2.24, 2.45) is 0 Å². The van der Waals surface area contributed by atoms with Gasteiger partial charge in [-0.2, -0.15) is 0 Å². The average molecular weight is 796 g/mol. The van der Waals surface area contributed by atoms with Crippen molar-refractivity contribution in [2.45, 2.75) is 0 Å². The van der Waals surface area contributed by atoms with Crippen LogP contribution in [0.5, 0.6) is 0 Å². The molecule has 6 heteroatoms. The molecule has 5 nitrogen and oxygen atoms in total. The molecule has 0 amide bonds. The summed E-state index contributed by atoms with van der Waals surface area (Å²) in [5, 5.41) is 9.74. The first-order valence-corrected chi connectivity index (χ1v) is 21.3. The average Bonchev–Trinajstić information content (AvgIpc) is 4.01. The third-order valence-corrected chi connectivity index (χ3v) is 13.4. The monoisotopic (exact) mass is 795 g/mol. The second-order valence-electron chi connectivity index (χ2n) is 15.7. The molecule has 284 valence electrons. The molecule has 5 heterocycles. The third kappa shape index (κ3) is 5.29. The van der Waals surface area contributed by atoms with Crippen LogP contribution >= 0.6 is 11.3 Å². The Labute approximate surface area is 354 Å². The largest absolute Gasteiger partial charge is 0.309 e. The molecule has 0 aliphatic rings. The topological polar surface area (TPSA) is 48.5 Å². The van der Waals surface area contributed by atoms with E-state index in [-0.39, 0.29) is 0 Å². The summed E-state index contributed by atoms with van der Waals surface area (Å²) >= 11 is 1.74. The number of pyridine rings is 1. The maximum Gasteiger partial charge on any atom is 0.162 e. The van der Waals surface area contributed by atoms with Gasteiger partial charge in [-0.25, -0.2) is 9.97 Å². The van der Waals surface area contributed by atoms with Gasteiger partial charge in [0.1, 0.15) is 0 Å². The van der Waals surface area contributed by atoms with E-state index in [1.807, 2.05) is 12.1 Å². The molecule has 8 aromatic carbocycles. The van der Waals surface area contributed by atoms with Crippen LogP contribution in [0.1, 0.15) is 0 Å². The van der Waals surface area contributed by atoms with Gasteiger partial charge in [-0.1, -0.05) is 115 Å². The first kappa shape index (κ1) is 34.0. The molecule has 61 heavy (non-hydrogen) atoms. The second-order valence-corrected chi connectivity index (χ2v) is 16.7. The lowest BCUT2D eigenvalue weighted by molar-refractivity contribution is 1.08. The minimum absolute atomic E-state index is 0.671. The van der Waals surface area contributed by atoms with Gasteiger partial charge in [0, 0.05) is 50.1 Å². The first-order chi connectivity index (χ1) is 30.2. The van der Waals surface area contributed by atoms with Gasteiger partial charge in [0.05, 0.1) is 32.3 Å². The number of rotatable bonds is 5. The number of para-hydroxylation sites is 1. The molecule has 0 unspecified atom stereocenters. The van der Waals surface area contributed by atoms with Crippen LogP contribution in [0, 0.1) is 0 Å². The Morgan fingerprint density at radius 1 is 0.393 bits per heavy atom. The van der Waals surface area contributed by atoms with E-state index in [4.69, 9.17) is 9.97 Å². The molecule has 5 aromatic heterocycles. The Balaban J connectivity index is 1.08. The summed E-state index contributed by atoms with van der Waals surface area (Å²) in [7, 11) is 0. The molecular formula is C55H33N5S. The van der Waals surface area contributed by atoms with Gasteiger partial charge in [-0.3, -0.25) is 9.55 Å². The van der Waals surface area contributed by atoms with E-state index in [1.54, 1.807) is 23.7 Å². The molecule has 0 saturated heterocycles. The van der Waals surface area contributed by atoms with Crippen molar-refractivity contribution in [1.29, 1.82) is 0 Å². The summed E-state index contributed by atoms with van der Waals surface area (Å²) in [5.41, 5.74) is 11.1. The minimum atomic E-state index is 0.671. The zero-order valence-corrected chi connectivity index (χ0v) is 33.5. The number of nitrogens with zero attached hydrogens (tertiary/aromatic N) is 5. The van der Waals surface area contributed by atoms with Crippen LogP contribution in [0.3, 0.4) is 0 Å². The summed E-state index contributed by atoms with van der Waals surface area (Å²) < 4.78 is 5.81. The summed E-state index contributed by atoms with van der Waals surface area (Å²) in [4.78, 5) is 16.0. The van der Waals surface area contributed by atoms with Crippen molar-refractivity contribution in [3.05, 3.63) is 200 Å². The molecule has 0 saturated carbocycles. The molecule has 0 bridgehead atoms. The highest BCUT2D eigenvalue weighted by Gasteiger charge is 2.22. The molecule has 0 radical (unpaired) electrons. The van der Waals surface area contributed by atoms with E-state index in [9.17, 15) is 0 Å². The maximum absolute atomic E-state index is 5.43. The lowest BCUT2D eigenvalue weighted by Crippen LogP contribution is -2.01. The van der Waals surface area contributed by atoms with Crippen molar-refractivity contribution in [2.75, 3.05) is 0 Å². The van der Waals surface area contributed by atoms with Crippen molar-refractivity contribution in [3.8, 4) is 44.5 Å². The van der Waals surface area contributed by atoms with Crippen LogP contribution in [0.15, 0.2) is 200 Å². The number of thiophene rings is 1. The molecule has 0 spiro atoms. The highest BCUT2D eigenvalue weighted by atomic mass is 32.1. The van der Waals surface area contributed by atoms with Crippen LogP contribution in [-0.2, 0) is 0 Å². The Morgan fingerprint density at radius 2 is 1.03 bits per heavy atom. The van der Waals surface area contributed by atoms with Crippen LogP contribution in [0.25, 0.3) is 120 Å². The first-order valence-electron chi connectivity index (χ1n) is 20.5. The molecule has 13 rings (SSSR count). The number of hydrogen-bond acceptors (Lipinski definition) is 4. The van der Waals surface area contributed by atoms with E-state index in [1.165, 1.54) is 59.7 Å². The zero-order chi connectivity index (χ0) is 40.0. The normalized spacial score (nSPS) is 11.9. The quantitative estimate of drug-likeness (QED) is 0.174. The van der Waals surface area contributed by atoms with Crippen molar-refractivity contribution >= 4 is 86.7 Å². The number of fused-ring (bicyclic) bond motifs is 10. The van der Waals surface area contributed by atoms with E-state index < -0.39 is 0 Å². The van der Waals surface area contributed by atoms with E-state index in [0.717, 1.165) is 54.3 Å². The predicted molar refractivity (Wildman–Crippen MR) is 255 cm³/mol. The van der Waals surface area contributed by atoms with Crippen molar-refractivity contribution in [3.63, 3.8) is 0 Å². The van der Waals surface area contributed by atoms with E-state index in [2.05, 4.69) is 190 Å². The van der Waals surface area contributed by atoms with Gasteiger partial charge < -0.3 is 4.57 Å². The van der Waals surface area contributed by atoms with Crippen LogP contribution < -0.4 is 0 Å². The fraction of sp³-hybridized carbons (Fsp3) is 0. The second kappa shape index (κ2) is 13.3. The predicted octanol–water partition coefficient (Wildman–Crippen LogP) is 14.6. The Bertz CT molecular complexity index is 3860. The molecule has 0 atom stereocenters. The van der Waals surface area contributed by atoms with Gasteiger partial charge in [0.15, 0.2) is 11.6 Å². The SMILES string of the molecule is c1ccc(-c2cc3nc(-c4ccncc4)nc(-n4c5ccc(-c6ccc7c(c6)c6c8ccccc8ccc6n7-c6ccccc6)cc5c5cc6ccccc6cc54)c3s2)cc1. The number of aromatic nitrogens is 5. The fourth-order valence-electron chi connectivity index (χ4n) is 9.38.